The summed E-state index contributed by atoms with van der Waals surface area (Å²) in [7, 11) is 1.67. The van der Waals surface area contributed by atoms with Crippen molar-refractivity contribution in [1.82, 2.24) is 10.5 Å². The van der Waals surface area contributed by atoms with Crippen LogP contribution in [0.2, 0.25) is 0 Å². The van der Waals surface area contributed by atoms with Crippen molar-refractivity contribution in [2.45, 2.75) is 58.5 Å². The maximum atomic E-state index is 6.45. The first kappa shape index (κ1) is 25.3. The number of fused-ring (bicyclic) bond motifs is 1. The Morgan fingerprint density at radius 2 is 1.85 bits per heavy atom. The number of halogens is 1. The molecule has 33 heavy (non-hydrogen) atoms. The maximum Gasteiger partial charge on any atom is 0.169 e. The molecular weight excluding hydrogens is 440 g/mol. The lowest BCUT2D eigenvalue weighted by molar-refractivity contribution is 0.0762. The van der Waals surface area contributed by atoms with Gasteiger partial charge in [-0.1, -0.05) is 24.6 Å². The number of aryl methyl sites for hydroxylation is 1. The first-order valence-electron chi connectivity index (χ1n) is 11.8. The molecule has 0 bridgehead atoms. The smallest absolute Gasteiger partial charge is 0.169 e. The third kappa shape index (κ3) is 5.45. The van der Waals surface area contributed by atoms with E-state index in [0.717, 1.165) is 72.3 Å². The highest BCUT2D eigenvalue weighted by molar-refractivity contribution is 5.86. The molecule has 1 N–H and O–H groups in total. The summed E-state index contributed by atoms with van der Waals surface area (Å²) in [5, 5.41) is 9.05. The summed E-state index contributed by atoms with van der Waals surface area (Å²) in [5.41, 5.74) is 4.13. The van der Waals surface area contributed by atoms with E-state index in [1.165, 1.54) is 0 Å². The molecule has 0 spiro atoms. The van der Waals surface area contributed by atoms with E-state index in [1.54, 1.807) is 7.11 Å². The minimum absolute atomic E-state index is 0. The summed E-state index contributed by atoms with van der Waals surface area (Å²) in [6, 6.07) is 9.95. The van der Waals surface area contributed by atoms with Gasteiger partial charge < -0.3 is 24.1 Å². The van der Waals surface area contributed by atoms with Crippen molar-refractivity contribution in [2.75, 3.05) is 26.8 Å². The van der Waals surface area contributed by atoms with Crippen LogP contribution in [0.4, 0.5) is 0 Å². The summed E-state index contributed by atoms with van der Waals surface area (Å²) >= 11 is 0. The Balaban J connectivity index is 0.00000306. The number of piperidine rings is 1. The Hall–Kier alpha value is -2.28. The van der Waals surface area contributed by atoms with Gasteiger partial charge in [0, 0.05) is 18.1 Å². The van der Waals surface area contributed by atoms with Gasteiger partial charge >= 0.3 is 0 Å². The van der Waals surface area contributed by atoms with Gasteiger partial charge in [-0.2, -0.15) is 0 Å². The molecule has 0 radical (unpaired) electrons. The molecule has 1 aromatic heterocycles. The third-order valence-electron chi connectivity index (χ3n) is 6.25. The monoisotopic (exact) mass is 474 g/mol. The van der Waals surface area contributed by atoms with Crippen LogP contribution in [-0.4, -0.2) is 32.0 Å². The van der Waals surface area contributed by atoms with Gasteiger partial charge in [-0.3, -0.25) is 0 Å². The number of nitrogens with zero attached hydrogens (tertiary/aromatic N) is 1. The SMILES string of the molecule is CCCc1c(Oc2ccc(C(C)OCC)cc2OC)ccc2onc(C3CCNCC3)c12.Cl. The van der Waals surface area contributed by atoms with Crippen molar-refractivity contribution in [1.29, 1.82) is 0 Å². The molecule has 1 atom stereocenters. The van der Waals surface area contributed by atoms with Crippen molar-refractivity contribution in [3.8, 4) is 17.2 Å². The summed E-state index contributed by atoms with van der Waals surface area (Å²) in [6.07, 6.45) is 4.05. The van der Waals surface area contributed by atoms with Crippen LogP contribution in [0.3, 0.4) is 0 Å². The fraction of sp³-hybridized carbons (Fsp3) is 0.500. The number of aromatic nitrogens is 1. The highest BCUT2D eigenvalue weighted by atomic mass is 35.5. The molecule has 2 heterocycles. The number of hydrogen-bond donors (Lipinski definition) is 1. The summed E-state index contributed by atoms with van der Waals surface area (Å²) in [4.78, 5) is 0. The molecule has 1 unspecified atom stereocenters. The first-order chi connectivity index (χ1) is 15.7. The molecule has 6 nitrogen and oxygen atoms in total. The largest absolute Gasteiger partial charge is 0.493 e. The molecule has 1 fully saturated rings. The van der Waals surface area contributed by atoms with Crippen molar-refractivity contribution in [2.24, 2.45) is 0 Å². The van der Waals surface area contributed by atoms with Crippen molar-refractivity contribution < 1.29 is 18.7 Å². The number of ether oxygens (including phenoxy) is 3. The predicted molar refractivity (Wildman–Crippen MR) is 133 cm³/mol. The van der Waals surface area contributed by atoms with Gasteiger partial charge in [-0.25, -0.2) is 0 Å². The zero-order valence-corrected chi connectivity index (χ0v) is 20.8. The van der Waals surface area contributed by atoms with Crippen molar-refractivity contribution in [3.05, 3.63) is 47.2 Å². The average Bonchev–Trinajstić information content (AvgIpc) is 3.26. The number of methoxy groups -OCH3 is 1. The van der Waals surface area contributed by atoms with E-state index in [2.05, 4.69) is 17.4 Å². The normalized spacial score (nSPS) is 15.3. The molecule has 0 saturated carbocycles. The van der Waals surface area contributed by atoms with Crippen LogP contribution < -0.4 is 14.8 Å². The number of benzene rings is 2. The Labute approximate surface area is 202 Å². The van der Waals surface area contributed by atoms with Gasteiger partial charge in [0.2, 0.25) is 0 Å². The Bertz CT molecular complexity index is 1050. The molecule has 1 aliphatic rings. The van der Waals surface area contributed by atoms with Crippen LogP contribution in [-0.2, 0) is 11.2 Å². The molecule has 1 aliphatic heterocycles. The van der Waals surface area contributed by atoms with Gasteiger partial charge in [0.1, 0.15) is 5.75 Å². The second-order valence-corrected chi connectivity index (χ2v) is 8.37. The molecule has 180 valence electrons. The maximum absolute atomic E-state index is 6.45. The van der Waals surface area contributed by atoms with Gasteiger partial charge in [0.15, 0.2) is 17.1 Å². The molecular formula is C26H35ClN2O4. The Morgan fingerprint density at radius 3 is 2.55 bits per heavy atom. The van der Waals surface area contributed by atoms with E-state index in [9.17, 15) is 0 Å². The quantitative estimate of drug-likeness (QED) is 0.378. The average molecular weight is 475 g/mol. The molecule has 7 heteroatoms. The van der Waals surface area contributed by atoms with Gasteiger partial charge in [-0.15, -0.1) is 12.4 Å². The molecule has 0 amide bonds. The van der Waals surface area contributed by atoms with Gasteiger partial charge in [0.25, 0.3) is 0 Å². The zero-order valence-electron chi connectivity index (χ0n) is 20.0. The fourth-order valence-electron chi connectivity index (χ4n) is 4.56. The van der Waals surface area contributed by atoms with Crippen molar-refractivity contribution >= 4 is 23.4 Å². The highest BCUT2D eigenvalue weighted by Gasteiger charge is 2.25. The fourth-order valence-corrected chi connectivity index (χ4v) is 4.56. The minimum Gasteiger partial charge on any atom is -0.493 e. The summed E-state index contributed by atoms with van der Waals surface area (Å²) < 4.78 is 23.6. The van der Waals surface area contributed by atoms with Crippen LogP contribution in [0.5, 0.6) is 17.2 Å². The van der Waals surface area contributed by atoms with E-state index < -0.39 is 0 Å². The number of hydrogen-bond acceptors (Lipinski definition) is 6. The standard InChI is InChI=1S/C26H34N2O4.ClH/c1-5-7-20-21(31-22-9-8-19(16-24(22)29-4)17(3)30-6-2)10-11-23-25(20)26(28-32-23)18-12-14-27-15-13-18;/h8-11,16-18,27H,5-7,12-15H2,1-4H3;1H. The van der Waals surface area contributed by atoms with Crippen LogP contribution in [0.1, 0.15) is 68.9 Å². The molecule has 3 aromatic rings. The topological polar surface area (TPSA) is 65.8 Å². The lowest BCUT2D eigenvalue weighted by atomic mass is 9.90. The van der Waals surface area contributed by atoms with Crippen LogP contribution >= 0.6 is 12.4 Å². The second kappa shape index (κ2) is 11.7. The molecule has 4 rings (SSSR count). The first-order valence-corrected chi connectivity index (χ1v) is 11.8. The molecule has 1 saturated heterocycles. The summed E-state index contributed by atoms with van der Waals surface area (Å²) in [6.45, 7) is 8.93. The molecule has 0 aliphatic carbocycles. The van der Waals surface area contributed by atoms with E-state index >= 15 is 0 Å². The minimum atomic E-state index is -0.000464. The third-order valence-corrected chi connectivity index (χ3v) is 6.25. The van der Waals surface area contributed by atoms with Crippen LogP contribution in [0.15, 0.2) is 34.9 Å². The van der Waals surface area contributed by atoms with Crippen LogP contribution in [0.25, 0.3) is 11.0 Å². The predicted octanol–water partition coefficient (Wildman–Crippen LogP) is 6.57. The van der Waals surface area contributed by atoms with Gasteiger partial charge in [-0.05, 0) is 76.0 Å². The summed E-state index contributed by atoms with van der Waals surface area (Å²) in [5.74, 6) is 2.64. The van der Waals surface area contributed by atoms with Gasteiger partial charge in [0.05, 0.1) is 24.3 Å². The van der Waals surface area contributed by atoms with E-state index in [4.69, 9.17) is 18.7 Å². The molecule has 2 aromatic carbocycles. The lowest BCUT2D eigenvalue weighted by Crippen LogP contribution is -2.26. The van der Waals surface area contributed by atoms with E-state index in [1.807, 2.05) is 44.2 Å². The lowest BCUT2D eigenvalue weighted by Gasteiger charge is -2.21. The second-order valence-electron chi connectivity index (χ2n) is 8.37. The number of rotatable bonds is 9. The Morgan fingerprint density at radius 1 is 1.09 bits per heavy atom. The van der Waals surface area contributed by atoms with E-state index in [-0.39, 0.29) is 18.5 Å². The van der Waals surface area contributed by atoms with Crippen molar-refractivity contribution in [3.63, 3.8) is 0 Å². The Kier molecular flexibility index (Phi) is 9.01. The van der Waals surface area contributed by atoms with Crippen LogP contribution in [0, 0.1) is 0 Å². The van der Waals surface area contributed by atoms with E-state index in [0.29, 0.717) is 24.0 Å². The number of nitrogens with one attached hydrogen (secondary N) is 1. The highest BCUT2D eigenvalue weighted by Crippen LogP contribution is 2.41. The zero-order chi connectivity index (χ0) is 22.5.